The van der Waals surface area contributed by atoms with Gasteiger partial charge in [-0.1, -0.05) is 27.2 Å². The Kier molecular flexibility index (Phi) is 6.97. The van der Waals surface area contributed by atoms with Crippen molar-refractivity contribution in [2.24, 2.45) is 17.8 Å². The maximum atomic E-state index is 9.64. The Balaban J connectivity index is 1.97. The first-order chi connectivity index (χ1) is 10.2. The molecule has 0 radical (unpaired) electrons. The second kappa shape index (κ2) is 8.50. The standard InChI is InChI=1S/C18H36N2O/c1-4-19-18-9-8-15(14(2)3)11-16(18)12-20-10-6-5-7-17(20)13-21/h14-19,21H,4-13H2,1-3H3. The van der Waals surface area contributed by atoms with Crippen molar-refractivity contribution in [3.8, 4) is 0 Å². The van der Waals surface area contributed by atoms with Gasteiger partial charge in [0.2, 0.25) is 0 Å². The van der Waals surface area contributed by atoms with Gasteiger partial charge in [0.05, 0.1) is 6.61 Å². The third kappa shape index (κ3) is 4.67. The molecule has 21 heavy (non-hydrogen) atoms. The average Bonchev–Trinajstić information content (AvgIpc) is 2.49. The number of nitrogens with zero attached hydrogens (tertiary/aromatic N) is 1. The van der Waals surface area contributed by atoms with E-state index in [0.29, 0.717) is 18.7 Å². The lowest BCUT2D eigenvalue weighted by molar-refractivity contribution is 0.0506. The summed E-state index contributed by atoms with van der Waals surface area (Å²) >= 11 is 0. The van der Waals surface area contributed by atoms with Gasteiger partial charge in [-0.05, 0) is 62.9 Å². The molecule has 0 bridgehead atoms. The number of hydrogen-bond acceptors (Lipinski definition) is 3. The lowest BCUT2D eigenvalue weighted by Gasteiger charge is -2.43. The quantitative estimate of drug-likeness (QED) is 0.791. The Morgan fingerprint density at radius 1 is 1.19 bits per heavy atom. The largest absolute Gasteiger partial charge is 0.395 e. The van der Waals surface area contributed by atoms with E-state index in [1.54, 1.807) is 0 Å². The predicted molar refractivity (Wildman–Crippen MR) is 89.4 cm³/mol. The highest BCUT2D eigenvalue weighted by Gasteiger charge is 2.34. The SMILES string of the molecule is CCNC1CCC(C(C)C)CC1CN1CCCCC1CO. The molecule has 124 valence electrons. The highest BCUT2D eigenvalue weighted by molar-refractivity contribution is 4.89. The summed E-state index contributed by atoms with van der Waals surface area (Å²) in [5, 5.41) is 13.4. The van der Waals surface area contributed by atoms with E-state index in [2.05, 4.69) is 31.0 Å². The fourth-order valence-corrected chi connectivity index (χ4v) is 4.45. The Hall–Kier alpha value is -0.120. The van der Waals surface area contributed by atoms with Gasteiger partial charge in [0.1, 0.15) is 0 Å². The fraction of sp³-hybridized carbons (Fsp3) is 1.00. The van der Waals surface area contributed by atoms with Crippen molar-refractivity contribution in [1.29, 1.82) is 0 Å². The van der Waals surface area contributed by atoms with Crippen LogP contribution in [-0.4, -0.2) is 48.3 Å². The monoisotopic (exact) mass is 296 g/mol. The van der Waals surface area contributed by atoms with Crippen LogP contribution >= 0.6 is 0 Å². The van der Waals surface area contributed by atoms with Crippen LogP contribution in [0.1, 0.15) is 59.3 Å². The van der Waals surface area contributed by atoms with E-state index in [0.717, 1.165) is 24.3 Å². The van der Waals surface area contributed by atoms with Crippen LogP contribution in [0, 0.1) is 17.8 Å². The lowest BCUT2D eigenvalue weighted by Crippen LogP contribution is -2.50. The van der Waals surface area contributed by atoms with Crippen molar-refractivity contribution in [2.75, 3.05) is 26.2 Å². The number of hydrogen-bond donors (Lipinski definition) is 2. The minimum absolute atomic E-state index is 0.339. The fourth-order valence-electron chi connectivity index (χ4n) is 4.45. The molecule has 0 spiro atoms. The Morgan fingerprint density at radius 2 is 2.00 bits per heavy atom. The first kappa shape index (κ1) is 17.2. The highest BCUT2D eigenvalue weighted by atomic mass is 16.3. The van der Waals surface area contributed by atoms with Crippen molar-refractivity contribution in [3.63, 3.8) is 0 Å². The first-order valence-electron chi connectivity index (χ1n) is 9.24. The Labute approximate surface area is 131 Å². The molecule has 1 heterocycles. The van der Waals surface area contributed by atoms with Crippen molar-refractivity contribution in [3.05, 3.63) is 0 Å². The van der Waals surface area contributed by atoms with Crippen LogP contribution in [0.5, 0.6) is 0 Å². The third-order valence-electron chi connectivity index (χ3n) is 5.86. The normalized spacial score (nSPS) is 35.3. The molecule has 1 aliphatic heterocycles. The van der Waals surface area contributed by atoms with Crippen molar-refractivity contribution in [1.82, 2.24) is 10.2 Å². The van der Waals surface area contributed by atoms with E-state index >= 15 is 0 Å². The maximum Gasteiger partial charge on any atom is 0.0586 e. The molecule has 3 nitrogen and oxygen atoms in total. The summed E-state index contributed by atoms with van der Waals surface area (Å²) in [5.74, 6) is 2.46. The minimum atomic E-state index is 0.339. The van der Waals surface area contributed by atoms with Gasteiger partial charge in [-0.25, -0.2) is 0 Å². The van der Waals surface area contributed by atoms with Gasteiger partial charge in [0.25, 0.3) is 0 Å². The molecule has 3 heteroatoms. The Morgan fingerprint density at radius 3 is 2.67 bits per heavy atom. The number of rotatable bonds is 6. The first-order valence-corrected chi connectivity index (χ1v) is 9.24. The molecule has 4 atom stereocenters. The molecule has 0 aromatic heterocycles. The van der Waals surface area contributed by atoms with Gasteiger partial charge in [0, 0.05) is 18.6 Å². The van der Waals surface area contributed by atoms with E-state index in [1.165, 1.54) is 51.6 Å². The van der Waals surface area contributed by atoms with Gasteiger partial charge < -0.3 is 10.4 Å². The summed E-state index contributed by atoms with van der Waals surface area (Å²) in [7, 11) is 0. The van der Waals surface area contributed by atoms with Crippen LogP contribution in [0.15, 0.2) is 0 Å². The van der Waals surface area contributed by atoms with E-state index in [4.69, 9.17) is 0 Å². The molecular weight excluding hydrogens is 260 g/mol. The number of likely N-dealkylation sites (tertiary alicyclic amines) is 1. The molecule has 2 N–H and O–H groups in total. The molecule has 2 rings (SSSR count). The van der Waals surface area contributed by atoms with E-state index in [9.17, 15) is 5.11 Å². The molecule has 0 amide bonds. The lowest BCUT2D eigenvalue weighted by atomic mass is 9.73. The predicted octanol–water partition coefficient (Wildman–Crippen LogP) is 2.88. The summed E-state index contributed by atoms with van der Waals surface area (Å²) in [6.07, 6.45) is 7.86. The number of aliphatic hydroxyl groups excluding tert-OH is 1. The maximum absolute atomic E-state index is 9.64. The summed E-state index contributed by atoms with van der Waals surface area (Å²) in [6.45, 7) is 10.8. The Bertz CT molecular complexity index is 295. The number of nitrogens with one attached hydrogen (secondary N) is 1. The highest BCUT2D eigenvalue weighted by Crippen LogP contribution is 2.35. The van der Waals surface area contributed by atoms with E-state index in [-0.39, 0.29) is 0 Å². The van der Waals surface area contributed by atoms with Crippen LogP contribution in [0.3, 0.4) is 0 Å². The van der Waals surface area contributed by atoms with Crippen LogP contribution in [0.4, 0.5) is 0 Å². The van der Waals surface area contributed by atoms with Gasteiger partial charge >= 0.3 is 0 Å². The zero-order chi connectivity index (χ0) is 15.2. The average molecular weight is 296 g/mol. The number of piperidine rings is 1. The molecule has 1 saturated heterocycles. The summed E-state index contributed by atoms with van der Waals surface area (Å²) in [6, 6.07) is 1.10. The summed E-state index contributed by atoms with van der Waals surface area (Å²) < 4.78 is 0. The van der Waals surface area contributed by atoms with Crippen LogP contribution in [-0.2, 0) is 0 Å². The topological polar surface area (TPSA) is 35.5 Å². The summed E-state index contributed by atoms with van der Waals surface area (Å²) in [4.78, 5) is 2.58. The smallest absolute Gasteiger partial charge is 0.0586 e. The van der Waals surface area contributed by atoms with Gasteiger partial charge in [-0.3, -0.25) is 4.90 Å². The molecule has 2 fully saturated rings. The van der Waals surface area contributed by atoms with E-state index < -0.39 is 0 Å². The molecule has 2 aliphatic rings. The third-order valence-corrected chi connectivity index (χ3v) is 5.86. The molecule has 1 aliphatic carbocycles. The van der Waals surface area contributed by atoms with Crippen molar-refractivity contribution >= 4 is 0 Å². The second-order valence-electron chi connectivity index (χ2n) is 7.57. The molecular formula is C18H36N2O. The summed E-state index contributed by atoms with van der Waals surface area (Å²) in [5.41, 5.74) is 0. The van der Waals surface area contributed by atoms with E-state index in [1.807, 2.05) is 0 Å². The van der Waals surface area contributed by atoms with Crippen LogP contribution in [0.2, 0.25) is 0 Å². The van der Waals surface area contributed by atoms with Gasteiger partial charge in [-0.15, -0.1) is 0 Å². The van der Waals surface area contributed by atoms with Crippen LogP contribution < -0.4 is 5.32 Å². The number of aliphatic hydroxyl groups is 1. The molecule has 1 saturated carbocycles. The van der Waals surface area contributed by atoms with Crippen molar-refractivity contribution < 1.29 is 5.11 Å². The molecule has 4 unspecified atom stereocenters. The van der Waals surface area contributed by atoms with Gasteiger partial charge in [0.15, 0.2) is 0 Å². The molecule has 0 aromatic carbocycles. The van der Waals surface area contributed by atoms with Gasteiger partial charge in [-0.2, -0.15) is 0 Å². The second-order valence-corrected chi connectivity index (χ2v) is 7.57. The zero-order valence-electron chi connectivity index (χ0n) is 14.4. The zero-order valence-corrected chi connectivity index (χ0v) is 14.4. The molecule has 0 aromatic rings. The van der Waals surface area contributed by atoms with Crippen LogP contribution in [0.25, 0.3) is 0 Å². The minimum Gasteiger partial charge on any atom is -0.395 e. The van der Waals surface area contributed by atoms with Crippen molar-refractivity contribution in [2.45, 2.75) is 71.4 Å².